The SMILES string of the molecule is Cc1c(C(=O)C(Sc2ccccc2)c2ccccc2)cc(C(C)(C)C)c(OC(=O)c2c(O)c(C(C)(C)C)cc(C(C)(C)C)c2Cl)c1C(=O)O. The van der Waals surface area contributed by atoms with Crippen LogP contribution in [0.1, 0.15) is 126 Å². The molecule has 0 spiro atoms. The number of phenolic OH excluding ortho intramolecular Hbond substituents is 1. The van der Waals surface area contributed by atoms with Crippen LogP contribution in [0.3, 0.4) is 0 Å². The first-order valence-corrected chi connectivity index (χ1v) is 17.4. The lowest BCUT2D eigenvalue weighted by Gasteiger charge is -2.29. The normalized spacial score (nSPS) is 12.8. The third-order valence-electron chi connectivity index (χ3n) is 8.42. The molecule has 0 fully saturated rings. The molecule has 0 amide bonds. The number of halogens is 1. The van der Waals surface area contributed by atoms with E-state index in [2.05, 4.69) is 0 Å². The van der Waals surface area contributed by atoms with E-state index in [1.165, 1.54) is 11.8 Å². The molecule has 0 saturated heterocycles. The highest BCUT2D eigenvalue weighted by Crippen LogP contribution is 2.46. The first kappa shape index (κ1) is 37.7. The molecule has 0 radical (unpaired) electrons. The number of carboxylic acid groups (broad SMARTS) is 1. The fraction of sp³-hybridized carbons (Fsp3) is 0.341. The van der Waals surface area contributed by atoms with Crippen LogP contribution < -0.4 is 4.74 Å². The maximum absolute atomic E-state index is 14.6. The highest BCUT2D eigenvalue weighted by molar-refractivity contribution is 8.00. The highest BCUT2D eigenvalue weighted by atomic mass is 35.5. The van der Waals surface area contributed by atoms with Gasteiger partial charge < -0.3 is 14.9 Å². The Morgan fingerprint density at radius 1 is 0.735 bits per heavy atom. The van der Waals surface area contributed by atoms with Gasteiger partial charge in [-0.15, -0.1) is 11.8 Å². The number of carbonyl (C=O) groups is 3. The Kier molecular flexibility index (Phi) is 10.8. The minimum atomic E-state index is -1.36. The van der Waals surface area contributed by atoms with Crippen molar-refractivity contribution in [2.24, 2.45) is 0 Å². The molecule has 0 aromatic heterocycles. The zero-order valence-electron chi connectivity index (χ0n) is 29.8. The van der Waals surface area contributed by atoms with Crippen molar-refractivity contribution in [3.05, 3.63) is 122 Å². The topological polar surface area (TPSA) is 101 Å². The van der Waals surface area contributed by atoms with Crippen molar-refractivity contribution in [3.63, 3.8) is 0 Å². The van der Waals surface area contributed by atoms with Crippen LogP contribution in [-0.2, 0) is 16.2 Å². The molecule has 0 heterocycles. The number of benzene rings is 4. The second-order valence-electron chi connectivity index (χ2n) is 15.3. The number of hydrogen-bond acceptors (Lipinski definition) is 6. The fourth-order valence-corrected chi connectivity index (χ4v) is 7.33. The van der Waals surface area contributed by atoms with E-state index in [0.717, 1.165) is 10.5 Å². The van der Waals surface area contributed by atoms with Crippen molar-refractivity contribution in [3.8, 4) is 11.5 Å². The molecule has 0 aliphatic heterocycles. The van der Waals surface area contributed by atoms with Gasteiger partial charge in [-0.25, -0.2) is 9.59 Å². The summed E-state index contributed by atoms with van der Waals surface area (Å²) in [6.07, 6.45) is 0. The summed E-state index contributed by atoms with van der Waals surface area (Å²) in [6, 6.07) is 22.3. The summed E-state index contributed by atoms with van der Waals surface area (Å²) in [5.74, 6) is -3.15. The third-order valence-corrected chi connectivity index (χ3v) is 10.1. The van der Waals surface area contributed by atoms with Gasteiger partial charge in [0.25, 0.3) is 0 Å². The Labute approximate surface area is 298 Å². The van der Waals surface area contributed by atoms with Crippen molar-refractivity contribution >= 4 is 41.1 Å². The van der Waals surface area contributed by atoms with Gasteiger partial charge in [0.15, 0.2) is 5.78 Å². The summed E-state index contributed by atoms with van der Waals surface area (Å²) in [4.78, 5) is 42.7. The highest BCUT2D eigenvalue weighted by Gasteiger charge is 2.36. The van der Waals surface area contributed by atoms with E-state index in [1.807, 2.05) is 123 Å². The molecule has 0 saturated carbocycles. The second-order valence-corrected chi connectivity index (χ2v) is 16.9. The Bertz CT molecular complexity index is 1860. The summed E-state index contributed by atoms with van der Waals surface area (Å²) in [7, 11) is 0. The number of thioether (sulfide) groups is 1. The molecule has 4 aromatic rings. The Hall–Kier alpha value is -4.07. The van der Waals surface area contributed by atoms with Gasteiger partial charge in [0.2, 0.25) is 0 Å². The molecule has 4 rings (SSSR count). The van der Waals surface area contributed by atoms with Gasteiger partial charge >= 0.3 is 11.9 Å². The van der Waals surface area contributed by atoms with Crippen LogP contribution in [0.5, 0.6) is 11.5 Å². The number of aromatic hydroxyl groups is 1. The summed E-state index contributed by atoms with van der Waals surface area (Å²) < 4.78 is 6.02. The predicted octanol–water partition coefficient (Wildman–Crippen LogP) is 10.9. The van der Waals surface area contributed by atoms with Gasteiger partial charge in [0.1, 0.15) is 22.6 Å². The molecule has 4 aromatic carbocycles. The number of carboxylic acids is 1. The Balaban J connectivity index is 1.95. The minimum Gasteiger partial charge on any atom is -0.507 e. The number of ketones is 1. The molecule has 1 atom stereocenters. The van der Waals surface area contributed by atoms with Crippen molar-refractivity contribution in [2.45, 2.75) is 95.6 Å². The molecule has 0 aliphatic rings. The molecule has 2 N–H and O–H groups in total. The van der Waals surface area contributed by atoms with Gasteiger partial charge in [-0.3, -0.25) is 4.79 Å². The summed E-state index contributed by atoms with van der Waals surface area (Å²) >= 11 is 8.23. The number of hydrogen-bond donors (Lipinski definition) is 2. The Morgan fingerprint density at radius 3 is 1.73 bits per heavy atom. The van der Waals surface area contributed by atoms with Crippen molar-refractivity contribution in [2.75, 3.05) is 0 Å². The molecule has 6 nitrogen and oxygen atoms in total. The standard InChI is InChI=1S/C41H45ClO6S/c1-23-26(33(43)36(24-17-13-11-14-18-24)49-25-19-15-12-16-20-25)21-29(41(8,9)10)35(30(23)37(45)46)48-38(47)31-32(42)27(39(2,3)4)22-28(34(31)44)40(5,6)7/h11-22,36,44H,1-10H3,(H,45,46). The molecule has 258 valence electrons. The van der Waals surface area contributed by atoms with Crippen LogP contribution in [-0.4, -0.2) is 27.9 Å². The lowest BCUT2D eigenvalue weighted by atomic mass is 9.78. The fourth-order valence-electron chi connectivity index (χ4n) is 5.71. The maximum atomic E-state index is 14.6. The zero-order valence-corrected chi connectivity index (χ0v) is 31.4. The molecule has 1 unspecified atom stereocenters. The molecule has 0 aliphatic carbocycles. The van der Waals surface area contributed by atoms with Crippen molar-refractivity contribution in [1.82, 2.24) is 0 Å². The predicted molar refractivity (Wildman–Crippen MR) is 198 cm³/mol. The van der Waals surface area contributed by atoms with Crippen LogP contribution in [0.25, 0.3) is 0 Å². The third kappa shape index (κ3) is 8.05. The van der Waals surface area contributed by atoms with Crippen molar-refractivity contribution in [1.29, 1.82) is 0 Å². The molecular weight excluding hydrogens is 656 g/mol. The number of aromatic carboxylic acids is 1. The lowest BCUT2D eigenvalue weighted by molar-refractivity contribution is 0.0678. The number of rotatable bonds is 8. The van der Waals surface area contributed by atoms with E-state index in [1.54, 1.807) is 19.1 Å². The van der Waals surface area contributed by atoms with E-state index < -0.39 is 33.4 Å². The van der Waals surface area contributed by atoms with Gasteiger partial charge in [0, 0.05) is 21.6 Å². The number of Topliss-reactive ketones (excluding diaryl/α,β-unsaturated/α-hetero) is 1. The van der Waals surface area contributed by atoms with Crippen LogP contribution in [0, 0.1) is 6.92 Å². The van der Waals surface area contributed by atoms with E-state index in [0.29, 0.717) is 16.7 Å². The van der Waals surface area contributed by atoms with Gasteiger partial charge in [-0.1, -0.05) is 122 Å². The van der Waals surface area contributed by atoms with Crippen LogP contribution >= 0.6 is 23.4 Å². The first-order valence-electron chi connectivity index (χ1n) is 16.2. The van der Waals surface area contributed by atoms with Crippen LogP contribution in [0.4, 0.5) is 0 Å². The van der Waals surface area contributed by atoms with E-state index in [4.69, 9.17) is 16.3 Å². The zero-order chi connectivity index (χ0) is 36.6. The van der Waals surface area contributed by atoms with Crippen LogP contribution in [0.2, 0.25) is 5.02 Å². The van der Waals surface area contributed by atoms with E-state index in [-0.39, 0.29) is 44.6 Å². The number of esters is 1. The first-order chi connectivity index (χ1) is 22.6. The minimum absolute atomic E-state index is 0.0318. The maximum Gasteiger partial charge on any atom is 0.348 e. The number of phenols is 1. The smallest absolute Gasteiger partial charge is 0.348 e. The monoisotopic (exact) mass is 700 g/mol. The Morgan fingerprint density at radius 2 is 1.24 bits per heavy atom. The average molecular weight is 701 g/mol. The lowest BCUT2D eigenvalue weighted by Crippen LogP contribution is -2.24. The number of carbonyl (C=O) groups excluding carboxylic acids is 2. The summed E-state index contributed by atoms with van der Waals surface area (Å²) in [5, 5.41) is 21.5. The molecular formula is C41H45ClO6S. The van der Waals surface area contributed by atoms with E-state index >= 15 is 0 Å². The molecule has 0 bridgehead atoms. The van der Waals surface area contributed by atoms with Crippen molar-refractivity contribution < 1.29 is 29.3 Å². The van der Waals surface area contributed by atoms with E-state index in [9.17, 15) is 24.6 Å². The van der Waals surface area contributed by atoms with Crippen LogP contribution in [0.15, 0.2) is 77.7 Å². The molecule has 8 heteroatoms. The van der Waals surface area contributed by atoms with Gasteiger partial charge in [-0.2, -0.15) is 0 Å². The second kappa shape index (κ2) is 14.0. The van der Waals surface area contributed by atoms with Gasteiger partial charge in [0.05, 0.1) is 10.3 Å². The molecule has 49 heavy (non-hydrogen) atoms. The largest absolute Gasteiger partial charge is 0.507 e. The number of ether oxygens (including phenoxy) is 1. The average Bonchev–Trinajstić information content (AvgIpc) is 2.98. The summed E-state index contributed by atoms with van der Waals surface area (Å²) in [5.41, 5.74) is 0.269. The van der Waals surface area contributed by atoms with Gasteiger partial charge in [-0.05, 0) is 64.1 Å². The quantitative estimate of drug-likeness (QED) is 0.0816. The summed E-state index contributed by atoms with van der Waals surface area (Å²) in [6.45, 7) is 18.7.